The minimum Gasteiger partial charge on any atom is -0.481 e. The average Bonchev–Trinajstić information content (AvgIpc) is 3.09. The van der Waals surface area contributed by atoms with E-state index in [2.05, 4.69) is 27.7 Å². The zero-order valence-corrected chi connectivity index (χ0v) is 15.4. The van der Waals surface area contributed by atoms with Crippen LogP contribution in [-0.4, -0.2) is 11.1 Å². The molecule has 1 fully saturated rings. The second kappa shape index (κ2) is 8.93. The molecule has 0 atom stereocenters. The van der Waals surface area contributed by atoms with Crippen molar-refractivity contribution in [2.24, 2.45) is 16.7 Å². The molecule has 130 valence electrons. The van der Waals surface area contributed by atoms with Gasteiger partial charge in [0, 0.05) is 0 Å². The van der Waals surface area contributed by atoms with Crippen LogP contribution in [0.1, 0.15) is 105 Å². The van der Waals surface area contributed by atoms with E-state index in [1.54, 1.807) is 0 Å². The molecular weight excluding hydrogens is 272 g/mol. The predicted molar refractivity (Wildman–Crippen MR) is 94.1 cm³/mol. The molecule has 0 radical (unpaired) electrons. The zero-order chi connectivity index (χ0) is 16.6. The predicted octanol–water partition coefficient (Wildman–Crippen LogP) is 6.43. The fraction of sp³-hybridized carbons (Fsp3) is 0.950. The first-order valence-electron chi connectivity index (χ1n) is 9.79. The molecule has 0 unspecified atom stereocenters. The fourth-order valence-electron chi connectivity index (χ4n) is 5.00. The molecule has 1 N–H and O–H groups in total. The number of carboxylic acids is 1. The molecule has 1 saturated carbocycles. The molecule has 0 bridgehead atoms. The zero-order valence-electron chi connectivity index (χ0n) is 15.4. The maximum atomic E-state index is 12.0. The van der Waals surface area contributed by atoms with Crippen molar-refractivity contribution in [3.05, 3.63) is 0 Å². The van der Waals surface area contributed by atoms with Crippen LogP contribution in [0.25, 0.3) is 0 Å². The van der Waals surface area contributed by atoms with Gasteiger partial charge in [-0.3, -0.25) is 4.79 Å². The highest BCUT2D eigenvalue weighted by Gasteiger charge is 2.76. The molecule has 0 saturated heterocycles. The number of carbonyl (C=O) groups is 1. The highest BCUT2D eigenvalue weighted by atomic mass is 16.4. The quantitative estimate of drug-likeness (QED) is 0.425. The minimum atomic E-state index is -0.514. The van der Waals surface area contributed by atoms with Crippen LogP contribution in [0, 0.1) is 16.7 Å². The standard InChI is InChI=1S/C20H38O2/c1-5-9-13-19(14-10-6-2)17(18(21)22)20(19,15-11-7-3)16-12-8-4/h17H,5-16H2,1-4H3,(H,21,22). The molecule has 2 heteroatoms. The first-order chi connectivity index (χ1) is 10.6. The normalized spacial score (nSPS) is 19.3. The summed E-state index contributed by atoms with van der Waals surface area (Å²) in [5.41, 5.74) is 0.213. The van der Waals surface area contributed by atoms with Crippen molar-refractivity contribution in [1.29, 1.82) is 0 Å². The van der Waals surface area contributed by atoms with E-state index < -0.39 is 5.97 Å². The van der Waals surface area contributed by atoms with Crippen LogP contribution < -0.4 is 0 Å². The summed E-state index contributed by atoms with van der Waals surface area (Å²) in [4.78, 5) is 12.0. The van der Waals surface area contributed by atoms with E-state index in [9.17, 15) is 9.90 Å². The summed E-state index contributed by atoms with van der Waals surface area (Å²) < 4.78 is 0. The van der Waals surface area contributed by atoms with Crippen LogP contribution in [0.3, 0.4) is 0 Å². The topological polar surface area (TPSA) is 37.3 Å². The van der Waals surface area contributed by atoms with Gasteiger partial charge < -0.3 is 5.11 Å². The van der Waals surface area contributed by atoms with Gasteiger partial charge in [-0.05, 0) is 36.5 Å². The van der Waals surface area contributed by atoms with Gasteiger partial charge in [0.2, 0.25) is 0 Å². The summed E-state index contributed by atoms with van der Waals surface area (Å²) >= 11 is 0. The second-order valence-corrected chi connectivity index (χ2v) is 7.50. The third-order valence-corrected chi connectivity index (χ3v) is 6.17. The lowest BCUT2D eigenvalue weighted by Crippen LogP contribution is -2.15. The van der Waals surface area contributed by atoms with Gasteiger partial charge in [-0.15, -0.1) is 0 Å². The van der Waals surface area contributed by atoms with Gasteiger partial charge in [-0.2, -0.15) is 0 Å². The highest BCUT2D eigenvalue weighted by molar-refractivity contribution is 5.77. The summed E-state index contributed by atoms with van der Waals surface area (Å²) in [6.07, 6.45) is 14.0. The lowest BCUT2D eigenvalue weighted by atomic mass is 9.78. The van der Waals surface area contributed by atoms with Crippen LogP contribution in [0.5, 0.6) is 0 Å². The largest absolute Gasteiger partial charge is 0.481 e. The number of hydrogen-bond acceptors (Lipinski definition) is 1. The summed E-state index contributed by atoms with van der Waals surface area (Å²) in [6, 6.07) is 0. The molecule has 1 rings (SSSR count). The van der Waals surface area contributed by atoms with Gasteiger partial charge in [0.25, 0.3) is 0 Å². The van der Waals surface area contributed by atoms with Crippen LogP contribution in [0.15, 0.2) is 0 Å². The molecule has 22 heavy (non-hydrogen) atoms. The van der Waals surface area contributed by atoms with E-state index in [1.165, 1.54) is 51.4 Å². The van der Waals surface area contributed by atoms with Crippen molar-refractivity contribution >= 4 is 5.97 Å². The number of hydrogen-bond donors (Lipinski definition) is 1. The van der Waals surface area contributed by atoms with E-state index in [-0.39, 0.29) is 16.7 Å². The molecule has 1 aliphatic rings. The van der Waals surface area contributed by atoms with Crippen molar-refractivity contribution in [1.82, 2.24) is 0 Å². The van der Waals surface area contributed by atoms with Crippen molar-refractivity contribution < 1.29 is 9.90 Å². The third kappa shape index (κ3) is 3.68. The Morgan fingerprint density at radius 3 is 1.18 bits per heavy atom. The van der Waals surface area contributed by atoms with Gasteiger partial charge in [0.05, 0.1) is 5.92 Å². The smallest absolute Gasteiger partial charge is 0.307 e. The number of rotatable bonds is 13. The third-order valence-electron chi connectivity index (χ3n) is 6.17. The molecule has 0 heterocycles. The Bertz CT molecular complexity index is 293. The lowest BCUT2D eigenvalue weighted by molar-refractivity contribution is -0.140. The Morgan fingerprint density at radius 2 is 1.00 bits per heavy atom. The summed E-state index contributed by atoms with van der Waals surface area (Å²) in [7, 11) is 0. The van der Waals surface area contributed by atoms with E-state index in [1.807, 2.05) is 0 Å². The van der Waals surface area contributed by atoms with Gasteiger partial charge in [0.1, 0.15) is 0 Å². The number of unbranched alkanes of at least 4 members (excludes halogenated alkanes) is 4. The summed E-state index contributed by atoms with van der Waals surface area (Å²) in [5, 5.41) is 9.92. The molecule has 1 aliphatic carbocycles. The first-order valence-corrected chi connectivity index (χ1v) is 9.79. The van der Waals surface area contributed by atoms with Gasteiger partial charge in [-0.25, -0.2) is 0 Å². The molecule has 2 nitrogen and oxygen atoms in total. The van der Waals surface area contributed by atoms with Crippen LogP contribution in [-0.2, 0) is 4.79 Å². The van der Waals surface area contributed by atoms with Crippen molar-refractivity contribution in [3.8, 4) is 0 Å². The van der Waals surface area contributed by atoms with E-state index in [0.29, 0.717) is 0 Å². The lowest BCUT2D eigenvalue weighted by Gasteiger charge is -2.26. The van der Waals surface area contributed by atoms with E-state index in [0.717, 1.165) is 25.7 Å². The summed E-state index contributed by atoms with van der Waals surface area (Å²) in [5.74, 6) is -0.587. The van der Waals surface area contributed by atoms with Crippen LogP contribution in [0.4, 0.5) is 0 Å². The van der Waals surface area contributed by atoms with Gasteiger partial charge in [-0.1, -0.05) is 79.1 Å². The van der Waals surface area contributed by atoms with E-state index >= 15 is 0 Å². The molecule has 0 aromatic rings. The van der Waals surface area contributed by atoms with E-state index in [4.69, 9.17) is 0 Å². The molecule has 0 spiro atoms. The SMILES string of the molecule is CCCCC1(CCCC)C(C(=O)O)C1(CCCC)CCCC. The number of carboxylic acid groups (broad SMARTS) is 1. The Hall–Kier alpha value is -0.530. The minimum absolute atomic E-state index is 0.0730. The molecule has 0 aromatic heterocycles. The molecule has 0 aromatic carbocycles. The Morgan fingerprint density at radius 1 is 0.727 bits per heavy atom. The number of aliphatic carboxylic acids is 1. The Labute approximate surface area is 138 Å². The van der Waals surface area contributed by atoms with Crippen molar-refractivity contribution in [3.63, 3.8) is 0 Å². The maximum Gasteiger partial charge on any atom is 0.307 e. The van der Waals surface area contributed by atoms with Gasteiger partial charge in [0.15, 0.2) is 0 Å². The Kier molecular flexibility index (Phi) is 7.93. The summed E-state index contributed by atoms with van der Waals surface area (Å²) in [6.45, 7) is 8.91. The van der Waals surface area contributed by atoms with Crippen molar-refractivity contribution in [2.75, 3.05) is 0 Å². The van der Waals surface area contributed by atoms with Crippen LogP contribution >= 0.6 is 0 Å². The Balaban J connectivity index is 3.06. The second-order valence-electron chi connectivity index (χ2n) is 7.50. The fourth-order valence-corrected chi connectivity index (χ4v) is 5.00. The van der Waals surface area contributed by atoms with Gasteiger partial charge >= 0.3 is 5.97 Å². The van der Waals surface area contributed by atoms with Crippen LogP contribution in [0.2, 0.25) is 0 Å². The maximum absolute atomic E-state index is 12.0. The average molecular weight is 311 g/mol. The monoisotopic (exact) mass is 310 g/mol. The highest BCUT2D eigenvalue weighted by Crippen LogP contribution is 2.77. The molecular formula is C20H38O2. The van der Waals surface area contributed by atoms with Crippen molar-refractivity contribution in [2.45, 2.75) is 105 Å². The first kappa shape index (κ1) is 19.5. The molecule has 0 aliphatic heterocycles. The molecule has 0 amide bonds.